The summed E-state index contributed by atoms with van der Waals surface area (Å²) in [6, 6.07) is 1.84. The lowest BCUT2D eigenvalue weighted by atomic mass is 10.3. The van der Waals surface area contributed by atoms with Gasteiger partial charge in [0.1, 0.15) is 8.07 Å². The molecule has 0 aliphatic rings. The van der Waals surface area contributed by atoms with E-state index >= 15 is 0 Å². The molecule has 0 saturated heterocycles. The molecule has 0 saturated carbocycles. The highest BCUT2D eigenvalue weighted by Gasteiger charge is 2.07. The van der Waals surface area contributed by atoms with Gasteiger partial charge >= 0.3 is 0 Å². The Bertz CT molecular complexity index is 362. The van der Waals surface area contributed by atoms with Crippen LogP contribution in [0, 0.1) is 11.5 Å². The number of carbonyl (C=O) groups is 1. The average molecular weight is 208 g/mol. The van der Waals surface area contributed by atoms with Crippen molar-refractivity contribution in [2.75, 3.05) is 0 Å². The Kier molecular flexibility index (Phi) is 3.07. The summed E-state index contributed by atoms with van der Waals surface area (Å²) in [5.74, 6) is 3.10. The molecule has 13 heavy (non-hydrogen) atoms. The molecule has 0 radical (unpaired) electrons. The number of hydrogen-bond acceptors (Lipinski definition) is 2. The van der Waals surface area contributed by atoms with Gasteiger partial charge in [-0.25, -0.2) is 0 Å². The zero-order chi connectivity index (χ0) is 9.90. The Morgan fingerprint density at radius 3 is 2.62 bits per heavy atom. The fourth-order valence-corrected chi connectivity index (χ4v) is 1.90. The summed E-state index contributed by atoms with van der Waals surface area (Å²) in [4.78, 5) is 11.1. The topological polar surface area (TPSA) is 17.1 Å². The van der Waals surface area contributed by atoms with Crippen LogP contribution in [-0.2, 0) is 0 Å². The molecule has 0 bridgehead atoms. The van der Waals surface area contributed by atoms with Crippen LogP contribution in [0.15, 0.2) is 11.4 Å². The van der Waals surface area contributed by atoms with Crippen molar-refractivity contribution in [2.45, 2.75) is 19.6 Å². The Labute approximate surface area is 83.8 Å². The molecule has 1 nitrogen and oxygen atoms in total. The molecule has 1 aromatic rings. The van der Waals surface area contributed by atoms with E-state index in [1.807, 2.05) is 11.4 Å². The van der Waals surface area contributed by atoms with E-state index in [1.165, 1.54) is 11.3 Å². The first kappa shape index (κ1) is 10.2. The summed E-state index contributed by atoms with van der Waals surface area (Å²) >= 11 is 1.44. The van der Waals surface area contributed by atoms with Crippen molar-refractivity contribution in [3.63, 3.8) is 0 Å². The molecular formula is C10H12OSSi. The lowest BCUT2D eigenvalue weighted by molar-refractivity contribution is 0.112. The highest BCUT2D eigenvalue weighted by molar-refractivity contribution is 7.11. The van der Waals surface area contributed by atoms with Crippen molar-refractivity contribution in [2.24, 2.45) is 0 Å². The number of rotatable bonds is 1. The molecule has 0 spiro atoms. The first-order valence-electron chi connectivity index (χ1n) is 4.08. The van der Waals surface area contributed by atoms with E-state index in [9.17, 15) is 4.79 Å². The number of hydrogen-bond donors (Lipinski definition) is 0. The molecule has 0 atom stereocenters. The Morgan fingerprint density at radius 1 is 1.46 bits per heavy atom. The minimum Gasteiger partial charge on any atom is -0.297 e. The van der Waals surface area contributed by atoms with Crippen molar-refractivity contribution in [3.8, 4) is 11.5 Å². The Hall–Kier alpha value is -0.853. The minimum atomic E-state index is -1.29. The number of carbonyl (C=O) groups excluding carboxylic acids is 1. The van der Waals surface area contributed by atoms with Gasteiger partial charge in [0.25, 0.3) is 0 Å². The summed E-state index contributed by atoms with van der Waals surface area (Å²) in [6.45, 7) is 6.60. The van der Waals surface area contributed by atoms with E-state index in [-0.39, 0.29) is 0 Å². The van der Waals surface area contributed by atoms with Crippen molar-refractivity contribution in [1.82, 2.24) is 0 Å². The van der Waals surface area contributed by atoms with Crippen LogP contribution in [0.25, 0.3) is 0 Å². The molecule has 0 amide bonds. The van der Waals surface area contributed by atoms with E-state index in [0.29, 0.717) is 0 Å². The van der Waals surface area contributed by atoms with Crippen LogP contribution >= 0.6 is 11.3 Å². The molecule has 3 heteroatoms. The van der Waals surface area contributed by atoms with Gasteiger partial charge in [-0.1, -0.05) is 25.6 Å². The second-order valence-electron chi connectivity index (χ2n) is 3.86. The standard InChI is InChI=1S/C10H12OSSi/c1-13(2,3)5-4-9-6-10(7-11)12-8-9/h6-8H,1-3H3. The van der Waals surface area contributed by atoms with Gasteiger partial charge in [0, 0.05) is 10.9 Å². The number of thiophene rings is 1. The summed E-state index contributed by atoms with van der Waals surface area (Å²) < 4.78 is 0. The fourth-order valence-electron chi connectivity index (χ4n) is 0.740. The SMILES string of the molecule is C[Si](C)(C)C#Cc1csc(C=O)c1. The van der Waals surface area contributed by atoms with Gasteiger partial charge in [-0.3, -0.25) is 4.79 Å². The first-order chi connectivity index (χ1) is 6.01. The van der Waals surface area contributed by atoms with Crippen LogP contribution in [0.3, 0.4) is 0 Å². The van der Waals surface area contributed by atoms with E-state index in [4.69, 9.17) is 0 Å². The highest BCUT2D eigenvalue weighted by Crippen LogP contribution is 2.11. The second-order valence-corrected chi connectivity index (χ2v) is 9.55. The maximum Gasteiger partial charge on any atom is 0.160 e. The monoisotopic (exact) mass is 208 g/mol. The van der Waals surface area contributed by atoms with Gasteiger partial charge in [-0.2, -0.15) is 0 Å². The molecule has 0 N–H and O–H groups in total. The summed E-state index contributed by atoms with van der Waals surface area (Å²) in [5, 5.41) is 1.93. The predicted octanol–water partition coefficient (Wildman–Crippen LogP) is 2.79. The molecule has 1 heterocycles. The quantitative estimate of drug-likeness (QED) is 0.394. The smallest absolute Gasteiger partial charge is 0.160 e. The lowest BCUT2D eigenvalue weighted by Gasteiger charge is -2.02. The van der Waals surface area contributed by atoms with Gasteiger partial charge in [-0.15, -0.1) is 16.9 Å². The zero-order valence-corrected chi connectivity index (χ0v) is 9.87. The molecule has 0 aliphatic heterocycles. The van der Waals surface area contributed by atoms with E-state index in [2.05, 4.69) is 31.1 Å². The van der Waals surface area contributed by atoms with Gasteiger partial charge in [0.2, 0.25) is 0 Å². The van der Waals surface area contributed by atoms with Gasteiger partial charge in [0.05, 0.1) is 4.88 Å². The Morgan fingerprint density at radius 2 is 2.15 bits per heavy atom. The largest absolute Gasteiger partial charge is 0.297 e. The highest BCUT2D eigenvalue weighted by atomic mass is 32.1. The Balaban J connectivity index is 2.84. The first-order valence-corrected chi connectivity index (χ1v) is 8.46. The lowest BCUT2D eigenvalue weighted by Crippen LogP contribution is -2.16. The van der Waals surface area contributed by atoms with Gasteiger partial charge < -0.3 is 0 Å². The van der Waals surface area contributed by atoms with E-state index < -0.39 is 8.07 Å². The van der Waals surface area contributed by atoms with E-state index in [1.54, 1.807) is 0 Å². The van der Waals surface area contributed by atoms with Crippen LogP contribution < -0.4 is 0 Å². The molecule has 0 aromatic carbocycles. The number of aldehydes is 1. The van der Waals surface area contributed by atoms with E-state index in [0.717, 1.165) is 16.7 Å². The molecule has 1 rings (SSSR count). The third kappa shape index (κ3) is 3.58. The van der Waals surface area contributed by atoms with Crippen LogP contribution in [0.2, 0.25) is 19.6 Å². The van der Waals surface area contributed by atoms with Gasteiger partial charge in [-0.05, 0) is 6.07 Å². The predicted molar refractivity (Wildman–Crippen MR) is 59.9 cm³/mol. The minimum absolute atomic E-state index is 0.750. The summed E-state index contributed by atoms with van der Waals surface area (Å²) in [7, 11) is -1.29. The molecular weight excluding hydrogens is 196 g/mol. The van der Waals surface area contributed by atoms with Crippen LogP contribution in [0.1, 0.15) is 15.2 Å². The van der Waals surface area contributed by atoms with Crippen LogP contribution in [-0.4, -0.2) is 14.4 Å². The third-order valence-electron chi connectivity index (χ3n) is 1.32. The molecule has 0 aliphatic carbocycles. The van der Waals surface area contributed by atoms with Crippen molar-refractivity contribution < 1.29 is 4.79 Å². The maximum absolute atomic E-state index is 10.4. The summed E-state index contributed by atoms with van der Waals surface area (Å²) in [6.07, 6.45) is 0.865. The fraction of sp³-hybridized carbons (Fsp3) is 0.300. The van der Waals surface area contributed by atoms with Gasteiger partial charge in [0.15, 0.2) is 6.29 Å². The normalized spacial score (nSPS) is 10.4. The van der Waals surface area contributed by atoms with Crippen molar-refractivity contribution in [1.29, 1.82) is 0 Å². The summed E-state index contributed by atoms with van der Waals surface area (Å²) in [5.41, 5.74) is 4.22. The van der Waals surface area contributed by atoms with Crippen LogP contribution in [0.5, 0.6) is 0 Å². The molecule has 1 aromatic heterocycles. The van der Waals surface area contributed by atoms with Crippen molar-refractivity contribution >= 4 is 25.7 Å². The van der Waals surface area contributed by atoms with Crippen LogP contribution in [0.4, 0.5) is 0 Å². The third-order valence-corrected chi connectivity index (χ3v) is 3.05. The second kappa shape index (κ2) is 3.90. The molecule has 68 valence electrons. The average Bonchev–Trinajstić information content (AvgIpc) is 2.47. The molecule has 0 unspecified atom stereocenters. The van der Waals surface area contributed by atoms with Crippen molar-refractivity contribution in [3.05, 3.63) is 21.9 Å². The maximum atomic E-state index is 10.4. The molecule has 0 fully saturated rings. The zero-order valence-electron chi connectivity index (χ0n) is 8.05.